The van der Waals surface area contributed by atoms with Crippen LogP contribution in [0.4, 0.5) is 0 Å². The molecule has 0 bridgehead atoms. The number of methoxy groups -OCH3 is 1. The Balaban J connectivity index is 2.07. The highest BCUT2D eigenvalue weighted by Gasteiger charge is 2.45. The van der Waals surface area contributed by atoms with Crippen LogP contribution in [0.2, 0.25) is 0 Å². The molecule has 1 aliphatic rings. The molecule has 11 nitrogen and oxygen atoms in total. The Morgan fingerprint density at radius 2 is 1.68 bits per heavy atom. The Hall–Kier alpha value is -3.19. The van der Waals surface area contributed by atoms with Crippen LogP contribution in [0.1, 0.15) is 61.5 Å². The Bertz CT molecular complexity index is 1230. The first-order valence-electron chi connectivity index (χ1n) is 13.3. The molecule has 2 aromatic rings. The van der Waals surface area contributed by atoms with Crippen LogP contribution in [0.5, 0.6) is 23.0 Å². The van der Waals surface area contributed by atoms with E-state index >= 15 is 0 Å². The molecule has 7 N–H and O–H groups in total. The molecule has 1 saturated heterocycles. The van der Waals surface area contributed by atoms with Gasteiger partial charge in [0.05, 0.1) is 19.3 Å². The van der Waals surface area contributed by atoms with Gasteiger partial charge in [0, 0.05) is 24.0 Å². The lowest BCUT2D eigenvalue weighted by Crippen LogP contribution is -2.60. The van der Waals surface area contributed by atoms with Gasteiger partial charge in [-0.25, -0.2) is 0 Å². The van der Waals surface area contributed by atoms with Crippen molar-refractivity contribution in [3.63, 3.8) is 0 Å². The van der Waals surface area contributed by atoms with Crippen molar-refractivity contribution in [2.24, 2.45) is 0 Å². The van der Waals surface area contributed by atoms with Crippen LogP contribution in [0.3, 0.4) is 0 Å². The molecule has 1 fully saturated rings. The first-order chi connectivity index (χ1) is 19.2. The average molecular weight is 577 g/mol. The topological polar surface area (TPSA) is 186 Å². The third-order valence-electron chi connectivity index (χ3n) is 7.17. The van der Waals surface area contributed by atoms with Crippen LogP contribution in [0, 0.1) is 0 Å². The van der Waals surface area contributed by atoms with E-state index in [-0.39, 0.29) is 41.2 Å². The second-order valence-corrected chi connectivity index (χ2v) is 11.0. The van der Waals surface area contributed by atoms with Crippen LogP contribution in [0.25, 0.3) is 0 Å². The van der Waals surface area contributed by atoms with Gasteiger partial charge in [0.1, 0.15) is 53.0 Å². The second-order valence-electron chi connectivity index (χ2n) is 11.0. The Kier molecular flexibility index (Phi) is 10.4. The van der Waals surface area contributed by atoms with Crippen LogP contribution < -0.4 is 9.47 Å². The quantitative estimate of drug-likeness (QED) is 0.153. The van der Waals surface area contributed by atoms with Gasteiger partial charge in [0.25, 0.3) is 0 Å². The minimum Gasteiger partial charge on any atom is -0.508 e. The number of benzene rings is 2. The lowest BCUT2D eigenvalue weighted by Gasteiger charge is -2.39. The summed E-state index contributed by atoms with van der Waals surface area (Å²) in [6.07, 6.45) is -6.03. The molecule has 6 atom stereocenters. The summed E-state index contributed by atoms with van der Waals surface area (Å²) < 4.78 is 16.8. The van der Waals surface area contributed by atoms with E-state index in [9.17, 15) is 40.5 Å². The van der Waals surface area contributed by atoms with Crippen molar-refractivity contribution in [2.45, 2.75) is 82.8 Å². The summed E-state index contributed by atoms with van der Waals surface area (Å²) in [6, 6.07) is 7.49. The molecule has 0 spiro atoms. The van der Waals surface area contributed by atoms with Crippen LogP contribution in [-0.4, -0.2) is 91.6 Å². The maximum absolute atomic E-state index is 13.7. The number of aliphatic hydroxyl groups is 5. The van der Waals surface area contributed by atoms with E-state index in [0.29, 0.717) is 5.56 Å². The van der Waals surface area contributed by atoms with Gasteiger partial charge >= 0.3 is 0 Å². The summed E-state index contributed by atoms with van der Waals surface area (Å²) >= 11 is 0. The molecule has 3 rings (SSSR count). The molecule has 0 aliphatic carbocycles. The largest absolute Gasteiger partial charge is 0.508 e. The Morgan fingerprint density at radius 3 is 2.22 bits per heavy atom. The number of allylic oxidation sites excluding steroid dienone is 2. The highest BCUT2D eigenvalue weighted by molar-refractivity contribution is 6.02. The summed E-state index contributed by atoms with van der Waals surface area (Å²) in [5, 5.41) is 72.3. The van der Waals surface area contributed by atoms with Crippen LogP contribution in [0.15, 0.2) is 42.0 Å². The normalized spacial score (nSPS) is 23.5. The lowest BCUT2D eigenvalue weighted by atomic mass is 9.80. The van der Waals surface area contributed by atoms with Gasteiger partial charge in [-0.05, 0) is 51.8 Å². The molecule has 226 valence electrons. The van der Waals surface area contributed by atoms with E-state index in [0.717, 1.165) is 5.57 Å². The molecule has 1 heterocycles. The summed E-state index contributed by atoms with van der Waals surface area (Å²) in [7, 11) is 1.30. The monoisotopic (exact) mass is 576 g/mol. The third-order valence-corrected chi connectivity index (χ3v) is 7.17. The van der Waals surface area contributed by atoms with Crippen LogP contribution >= 0.6 is 0 Å². The van der Waals surface area contributed by atoms with Crippen molar-refractivity contribution in [1.29, 1.82) is 0 Å². The number of ether oxygens (including phenoxy) is 3. The molecule has 1 aliphatic heterocycles. The molecular formula is C30H40O11. The maximum atomic E-state index is 13.7. The fourth-order valence-corrected chi connectivity index (χ4v) is 4.76. The zero-order valence-electron chi connectivity index (χ0n) is 23.8. The number of carbonyl (C=O) groups is 1. The Morgan fingerprint density at radius 1 is 1.05 bits per heavy atom. The number of Topliss-reactive ketones (excluding diaryl/α,β-unsaturated/α-hetero) is 1. The van der Waals surface area contributed by atoms with E-state index in [1.165, 1.54) is 25.3 Å². The molecule has 11 heteroatoms. The number of hydrogen-bond acceptors (Lipinski definition) is 11. The van der Waals surface area contributed by atoms with Gasteiger partial charge in [0.2, 0.25) is 6.29 Å². The predicted molar refractivity (Wildman–Crippen MR) is 148 cm³/mol. The molecule has 2 aromatic carbocycles. The van der Waals surface area contributed by atoms with Crippen LogP contribution in [-0.2, 0) is 11.2 Å². The van der Waals surface area contributed by atoms with Crippen molar-refractivity contribution in [3.05, 3.63) is 58.7 Å². The Labute approximate surface area is 238 Å². The standard InChI is InChI=1S/C30H40O11/c1-15(2)6-11-18-21(40-29-28(37)27(36)26(35)23(14-31)41-29)13-22(39-5)24(25(18)34)20(33)12-19(30(3,4)38)16-7-9-17(32)10-8-16/h6-10,13,19,23,26-29,31-32,34-38H,11-12,14H2,1-5H3/t19?,23-,26-,27+,28-,29-/m1/s1. The number of aromatic hydroxyl groups is 2. The van der Waals surface area contributed by atoms with Gasteiger partial charge in [-0.2, -0.15) is 0 Å². The molecule has 0 amide bonds. The molecule has 0 radical (unpaired) electrons. The SMILES string of the molecule is COc1cc(O[C@@H]2O[C@H](CO)[C@@H](O)[C@H](O)[C@H]2O)c(CC=C(C)C)c(O)c1C(=O)CC(c1ccc(O)cc1)C(C)(C)O. The van der Waals surface area contributed by atoms with Gasteiger partial charge in [-0.15, -0.1) is 0 Å². The minimum absolute atomic E-state index is 0.0182. The highest BCUT2D eigenvalue weighted by atomic mass is 16.7. The second kappa shape index (κ2) is 13.2. The molecule has 1 unspecified atom stereocenters. The third kappa shape index (κ3) is 7.37. The summed E-state index contributed by atoms with van der Waals surface area (Å²) in [5.41, 5.74) is 0.193. The summed E-state index contributed by atoms with van der Waals surface area (Å²) in [5.74, 6) is -1.70. The van der Waals surface area contributed by atoms with Gasteiger partial charge in [-0.3, -0.25) is 4.79 Å². The van der Waals surface area contributed by atoms with Crippen molar-refractivity contribution in [2.75, 3.05) is 13.7 Å². The number of ketones is 1. The number of aliphatic hydroxyl groups excluding tert-OH is 4. The van der Waals surface area contributed by atoms with Gasteiger partial charge < -0.3 is 50.0 Å². The van der Waals surface area contributed by atoms with Gasteiger partial charge in [-0.1, -0.05) is 23.8 Å². The predicted octanol–water partition coefficient (Wildman–Crippen LogP) is 1.92. The molecular weight excluding hydrogens is 536 g/mol. The minimum atomic E-state index is -1.70. The first-order valence-corrected chi connectivity index (χ1v) is 13.3. The summed E-state index contributed by atoms with van der Waals surface area (Å²) in [4.78, 5) is 13.7. The number of carbonyl (C=O) groups excluding carboxylic acids is 1. The number of hydrogen-bond donors (Lipinski definition) is 7. The molecule has 41 heavy (non-hydrogen) atoms. The van der Waals surface area contributed by atoms with E-state index in [4.69, 9.17) is 14.2 Å². The lowest BCUT2D eigenvalue weighted by molar-refractivity contribution is -0.277. The van der Waals surface area contributed by atoms with Crippen molar-refractivity contribution in [1.82, 2.24) is 0 Å². The zero-order valence-corrected chi connectivity index (χ0v) is 23.8. The fraction of sp³-hybridized carbons (Fsp3) is 0.500. The number of phenolic OH excluding ortho intramolecular Hbond substituents is 2. The zero-order chi connectivity index (χ0) is 30.6. The maximum Gasteiger partial charge on any atom is 0.229 e. The van der Waals surface area contributed by atoms with E-state index in [1.807, 2.05) is 13.8 Å². The van der Waals surface area contributed by atoms with Crippen molar-refractivity contribution in [3.8, 4) is 23.0 Å². The van der Waals surface area contributed by atoms with Crippen molar-refractivity contribution >= 4 is 5.78 Å². The van der Waals surface area contributed by atoms with Gasteiger partial charge in [0.15, 0.2) is 5.78 Å². The van der Waals surface area contributed by atoms with E-state index in [1.54, 1.807) is 32.1 Å². The fourth-order valence-electron chi connectivity index (χ4n) is 4.76. The smallest absolute Gasteiger partial charge is 0.229 e. The molecule has 0 aromatic heterocycles. The van der Waals surface area contributed by atoms with Crippen molar-refractivity contribution < 1.29 is 54.8 Å². The summed E-state index contributed by atoms with van der Waals surface area (Å²) in [6.45, 7) is 6.16. The average Bonchev–Trinajstić information content (AvgIpc) is 2.91. The number of rotatable bonds is 11. The van der Waals surface area contributed by atoms with E-state index in [2.05, 4.69) is 0 Å². The molecule has 0 saturated carbocycles. The first kappa shape index (κ1) is 32.3. The number of phenols is 2. The van der Waals surface area contributed by atoms with E-state index < -0.39 is 60.4 Å². The highest BCUT2D eigenvalue weighted by Crippen LogP contribution is 2.43.